The van der Waals surface area contributed by atoms with Gasteiger partial charge in [0, 0.05) is 0 Å². The second-order valence-corrected chi connectivity index (χ2v) is 6.26. The summed E-state index contributed by atoms with van der Waals surface area (Å²) in [6, 6.07) is 7.25. The van der Waals surface area contributed by atoms with Crippen molar-refractivity contribution in [2.45, 2.75) is 39.7 Å². The molecule has 0 heterocycles. The zero-order valence-electron chi connectivity index (χ0n) is 13.0. The van der Waals surface area contributed by atoms with E-state index >= 15 is 0 Å². The number of rotatable bonds is 5. The van der Waals surface area contributed by atoms with Crippen LogP contribution in [0.2, 0.25) is 0 Å². The SMILES string of the molecule is C=Cc1ccc(C[C@@](C)(C(=O)O)C(=O)OC(C)(C)C)cc1. The molecule has 1 aromatic carbocycles. The van der Waals surface area contributed by atoms with Crippen LogP contribution in [0.15, 0.2) is 30.8 Å². The molecule has 0 saturated heterocycles. The van der Waals surface area contributed by atoms with Gasteiger partial charge in [0.1, 0.15) is 5.60 Å². The number of carbonyl (C=O) groups excluding carboxylic acids is 1. The number of esters is 1. The van der Waals surface area contributed by atoms with Crippen molar-refractivity contribution in [3.05, 3.63) is 42.0 Å². The van der Waals surface area contributed by atoms with Crippen molar-refractivity contribution in [1.82, 2.24) is 0 Å². The van der Waals surface area contributed by atoms with Gasteiger partial charge in [-0.05, 0) is 45.2 Å². The second kappa shape index (κ2) is 6.12. The van der Waals surface area contributed by atoms with E-state index in [0.29, 0.717) is 0 Å². The van der Waals surface area contributed by atoms with E-state index < -0.39 is 23.0 Å². The molecule has 0 fully saturated rings. The predicted octanol–water partition coefficient (Wildman–Crippen LogP) is 3.30. The molecule has 0 amide bonds. The van der Waals surface area contributed by atoms with Crippen LogP contribution < -0.4 is 0 Å². The highest BCUT2D eigenvalue weighted by Crippen LogP contribution is 2.27. The summed E-state index contributed by atoms with van der Waals surface area (Å²) in [5.41, 5.74) is -0.631. The number of hydrogen-bond acceptors (Lipinski definition) is 3. The molecule has 0 bridgehead atoms. The molecule has 21 heavy (non-hydrogen) atoms. The average molecular weight is 290 g/mol. The van der Waals surface area contributed by atoms with E-state index in [9.17, 15) is 14.7 Å². The molecule has 0 unspecified atom stereocenters. The first kappa shape index (κ1) is 17.0. The Morgan fingerprint density at radius 2 is 1.71 bits per heavy atom. The molecule has 0 spiro atoms. The average Bonchev–Trinajstić information content (AvgIpc) is 2.37. The first-order valence-electron chi connectivity index (χ1n) is 6.77. The van der Waals surface area contributed by atoms with Gasteiger partial charge >= 0.3 is 11.9 Å². The summed E-state index contributed by atoms with van der Waals surface area (Å²) >= 11 is 0. The molecule has 0 radical (unpaired) electrons. The molecular weight excluding hydrogens is 268 g/mol. The summed E-state index contributed by atoms with van der Waals surface area (Å²) < 4.78 is 5.25. The number of carbonyl (C=O) groups is 2. The molecule has 0 aliphatic carbocycles. The van der Waals surface area contributed by atoms with Crippen molar-refractivity contribution in [3.8, 4) is 0 Å². The summed E-state index contributed by atoms with van der Waals surface area (Å²) in [6.45, 7) is 10.2. The highest BCUT2D eigenvalue weighted by atomic mass is 16.6. The Bertz CT molecular complexity index is 537. The Balaban J connectivity index is 3.02. The van der Waals surface area contributed by atoms with Gasteiger partial charge in [-0.1, -0.05) is 36.9 Å². The topological polar surface area (TPSA) is 63.6 Å². The van der Waals surface area contributed by atoms with Crippen LogP contribution in [-0.2, 0) is 20.7 Å². The lowest BCUT2D eigenvalue weighted by Crippen LogP contribution is -2.43. The smallest absolute Gasteiger partial charge is 0.324 e. The maximum absolute atomic E-state index is 12.2. The van der Waals surface area contributed by atoms with Crippen molar-refractivity contribution in [2.75, 3.05) is 0 Å². The summed E-state index contributed by atoms with van der Waals surface area (Å²) in [4.78, 5) is 23.8. The molecular formula is C17H22O4. The van der Waals surface area contributed by atoms with Crippen LogP contribution in [0.1, 0.15) is 38.8 Å². The van der Waals surface area contributed by atoms with Crippen LogP contribution >= 0.6 is 0 Å². The van der Waals surface area contributed by atoms with E-state index in [1.165, 1.54) is 6.92 Å². The van der Waals surface area contributed by atoms with E-state index in [4.69, 9.17) is 4.74 Å². The van der Waals surface area contributed by atoms with E-state index in [1.54, 1.807) is 39.0 Å². The molecule has 1 aromatic rings. The zero-order chi connectivity index (χ0) is 16.3. The van der Waals surface area contributed by atoms with E-state index in [2.05, 4.69) is 6.58 Å². The highest BCUT2D eigenvalue weighted by molar-refractivity contribution is 5.99. The molecule has 0 aliphatic rings. The summed E-state index contributed by atoms with van der Waals surface area (Å²) in [6.07, 6.45) is 1.78. The first-order valence-corrected chi connectivity index (χ1v) is 6.77. The fourth-order valence-electron chi connectivity index (χ4n) is 1.81. The number of aliphatic carboxylic acids is 1. The van der Waals surface area contributed by atoms with Gasteiger partial charge in [-0.2, -0.15) is 0 Å². The Labute approximate surface area is 125 Å². The van der Waals surface area contributed by atoms with Gasteiger partial charge < -0.3 is 9.84 Å². The number of hydrogen-bond donors (Lipinski definition) is 1. The molecule has 4 heteroatoms. The Morgan fingerprint density at radius 1 is 1.19 bits per heavy atom. The second-order valence-electron chi connectivity index (χ2n) is 6.26. The minimum Gasteiger partial charge on any atom is -0.480 e. The minimum absolute atomic E-state index is 0.0780. The molecule has 1 N–H and O–H groups in total. The lowest BCUT2D eigenvalue weighted by Gasteiger charge is -2.28. The largest absolute Gasteiger partial charge is 0.480 e. The van der Waals surface area contributed by atoms with Crippen LogP contribution in [0.4, 0.5) is 0 Å². The Hall–Kier alpha value is -2.10. The zero-order valence-corrected chi connectivity index (χ0v) is 13.0. The Morgan fingerprint density at radius 3 is 2.10 bits per heavy atom. The van der Waals surface area contributed by atoms with E-state index in [-0.39, 0.29) is 6.42 Å². The van der Waals surface area contributed by atoms with Crippen LogP contribution in [0.3, 0.4) is 0 Å². The predicted molar refractivity (Wildman–Crippen MR) is 81.8 cm³/mol. The van der Waals surface area contributed by atoms with Gasteiger partial charge in [0.05, 0.1) is 0 Å². The Kier molecular flexibility index (Phi) is 4.94. The van der Waals surface area contributed by atoms with Crippen LogP contribution in [0.5, 0.6) is 0 Å². The van der Waals surface area contributed by atoms with Crippen molar-refractivity contribution in [3.63, 3.8) is 0 Å². The van der Waals surface area contributed by atoms with Crippen molar-refractivity contribution >= 4 is 18.0 Å². The quantitative estimate of drug-likeness (QED) is 0.667. The molecule has 1 atom stereocenters. The number of ether oxygens (including phenoxy) is 1. The maximum Gasteiger partial charge on any atom is 0.324 e. The number of carboxylic acid groups (broad SMARTS) is 1. The highest BCUT2D eigenvalue weighted by Gasteiger charge is 2.44. The van der Waals surface area contributed by atoms with E-state index in [0.717, 1.165) is 11.1 Å². The van der Waals surface area contributed by atoms with Crippen LogP contribution in [0, 0.1) is 5.41 Å². The molecule has 114 valence electrons. The first-order chi connectivity index (χ1) is 9.58. The lowest BCUT2D eigenvalue weighted by atomic mass is 9.83. The minimum atomic E-state index is -1.61. The fourth-order valence-corrected chi connectivity index (χ4v) is 1.81. The van der Waals surface area contributed by atoms with Gasteiger partial charge in [0.2, 0.25) is 0 Å². The van der Waals surface area contributed by atoms with Gasteiger partial charge in [-0.15, -0.1) is 0 Å². The third-order valence-corrected chi connectivity index (χ3v) is 3.09. The maximum atomic E-state index is 12.2. The summed E-state index contributed by atoms with van der Waals surface area (Å²) in [7, 11) is 0. The molecule has 1 rings (SSSR count). The van der Waals surface area contributed by atoms with Gasteiger partial charge in [-0.25, -0.2) is 0 Å². The van der Waals surface area contributed by atoms with Crippen molar-refractivity contribution in [1.29, 1.82) is 0 Å². The molecule has 4 nitrogen and oxygen atoms in total. The van der Waals surface area contributed by atoms with E-state index in [1.807, 2.05) is 12.1 Å². The third-order valence-electron chi connectivity index (χ3n) is 3.09. The van der Waals surface area contributed by atoms with Gasteiger partial charge in [0.15, 0.2) is 5.41 Å². The fraction of sp³-hybridized carbons (Fsp3) is 0.412. The third kappa shape index (κ3) is 4.45. The standard InChI is InChI=1S/C17H22O4/c1-6-12-7-9-13(10-8-12)11-17(5,14(18)19)15(20)21-16(2,3)4/h6-10H,1,11H2,2-5H3,(H,18,19)/t17-/m0/s1. The summed E-state index contributed by atoms with van der Waals surface area (Å²) in [5.74, 6) is -1.92. The lowest BCUT2D eigenvalue weighted by molar-refractivity contribution is -0.175. The molecule has 0 aliphatic heterocycles. The van der Waals surface area contributed by atoms with Crippen molar-refractivity contribution in [2.24, 2.45) is 5.41 Å². The van der Waals surface area contributed by atoms with Gasteiger partial charge in [-0.3, -0.25) is 9.59 Å². The normalized spacial score (nSPS) is 14.1. The number of carboxylic acids is 1. The van der Waals surface area contributed by atoms with Crippen LogP contribution in [0.25, 0.3) is 6.08 Å². The van der Waals surface area contributed by atoms with Gasteiger partial charge in [0.25, 0.3) is 0 Å². The monoisotopic (exact) mass is 290 g/mol. The van der Waals surface area contributed by atoms with Crippen molar-refractivity contribution < 1.29 is 19.4 Å². The number of benzene rings is 1. The summed E-state index contributed by atoms with van der Waals surface area (Å²) in [5, 5.41) is 9.44. The van der Waals surface area contributed by atoms with Crippen LogP contribution in [-0.4, -0.2) is 22.6 Å². The molecule has 0 saturated carbocycles. The molecule has 0 aromatic heterocycles.